The highest BCUT2D eigenvalue weighted by atomic mass is 19.4. The zero-order chi connectivity index (χ0) is 18.5. The van der Waals surface area contributed by atoms with Crippen LogP contribution in [0.2, 0.25) is 0 Å². The lowest BCUT2D eigenvalue weighted by Crippen LogP contribution is -2.41. The minimum absolute atomic E-state index is 0.0136. The molecule has 0 aromatic heterocycles. The Labute approximate surface area is 144 Å². The first kappa shape index (κ1) is 19.0. The average Bonchev–Trinajstić information content (AvgIpc) is 2.58. The van der Waals surface area contributed by atoms with Gasteiger partial charge in [0.1, 0.15) is 0 Å². The quantitative estimate of drug-likeness (QED) is 0.831. The van der Waals surface area contributed by atoms with E-state index in [4.69, 9.17) is 0 Å². The molecule has 2 aromatic rings. The van der Waals surface area contributed by atoms with Crippen LogP contribution < -0.4 is 5.32 Å². The molecule has 0 heterocycles. The average molecular weight is 351 g/mol. The van der Waals surface area contributed by atoms with Crippen molar-refractivity contribution in [3.8, 4) is 0 Å². The van der Waals surface area contributed by atoms with Gasteiger partial charge in [-0.15, -0.1) is 0 Å². The number of amides is 1. The summed E-state index contributed by atoms with van der Waals surface area (Å²) in [7, 11) is 0. The van der Waals surface area contributed by atoms with E-state index in [0.29, 0.717) is 12.8 Å². The molecular formula is C19H20F3NO2. The Bertz CT molecular complexity index is 695. The van der Waals surface area contributed by atoms with Crippen molar-refractivity contribution >= 4 is 5.91 Å². The van der Waals surface area contributed by atoms with Gasteiger partial charge in [-0.1, -0.05) is 30.3 Å². The van der Waals surface area contributed by atoms with E-state index in [2.05, 4.69) is 5.32 Å². The van der Waals surface area contributed by atoms with Crippen LogP contribution in [0, 0.1) is 0 Å². The summed E-state index contributed by atoms with van der Waals surface area (Å²) in [5.74, 6) is -0.520. The van der Waals surface area contributed by atoms with Crippen LogP contribution in [0.25, 0.3) is 0 Å². The van der Waals surface area contributed by atoms with Gasteiger partial charge < -0.3 is 10.4 Å². The fourth-order valence-corrected chi connectivity index (χ4v) is 2.33. The predicted molar refractivity (Wildman–Crippen MR) is 89.2 cm³/mol. The number of halogens is 3. The molecular weight excluding hydrogens is 331 g/mol. The lowest BCUT2D eigenvalue weighted by Gasteiger charge is -2.23. The Hall–Kier alpha value is -2.34. The molecule has 3 nitrogen and oxygen atoms in total. The van der Waals surface area contributed by atoms with Gasteiger partial charge in [0, 0.05) is 12.1 Å². The van der Waals surface area contributed by atoms with Gasteiger partial charge in [0.05, 0.1) is 11.2 Å². The molecule has 2 N–H and O–H groups in total. The molecule has 2 aromatic carbocycles. The van der Waals surface area contributed by atoms with E-state index in [9.17, 15) is 23.1 Å². The third-order valence-corrected chi connectivity index (χ3v) is 3.90. The van der Waals surface area contributed by atoms with Crippen molar-refractivity contribution in [1.82, 2.24) is 5.32 Å². The topological polar surface area (TPSA) is 49.3 Å². The van der Waals surface area contributed by atoms with Crippen LogP contribution in [0.1, 0.15) is 34.8 Å². The number of hydrogen-bond acceptors (Lipinski definition) is 2. The molecule has 6 heteroatoms. The second-order valence-corrected chi connectivity index (χ2v) is 6.24. The van der Waals surface area contributed by atoms with E-state index < -0.39 is 23.2 Å². The summed E-state index contributed by atoms with van der Waals surface area (Å²) in [6.45, 7) is 1.63. The minimum Gasteiger partial charge on any atom is -0.388 e. The van der Waals surface area contributed by atoms with Crippen molar-refractivity contribution in [3.63, 3.8) is 0 Å². The number of alkyl halides is 3. The molecule has 1 amide bonds. The number of rotatable bonds is 6. The monoisotopic (exact) mass is 351 g/mol. The first-order valence-electron chi connectivity index (χ1n) is 7.89. The third kappa shape index (κ3) is 5.90. The van der Waals surface area contributed by atoms with Gasteiger partial charge in [-0.25, -0.2) is 0 Å². The molecule has 0 aliphatic carbocycles. The van der Waals surface area contributed by atoms with Crippen LogP contribution in [0.15, 0.2) is 54.6 Å². The zero-order valence-corrected chi connectivity index (χ0v) is 13.8. The smallest absolute Gasteiger partial charge is 0.388 e. The summed E-state index contributed by atoms with van der Waals surface area (Å²) in [6.07, 6.45) is -3.33. The van der Waals surface area contributed by atoms with E-state index in [1.807, 2.05) is 30.3 Å². The molecule has 0 radical (unpaired) electrons. The molecule has 2 rings (SSSR count). The maximum atomic E-state index is 12.5. The molecule has 1 atom stereocenters. The van der Waals surface area contributed by atoms with Crippen molar-refractivity contribution in [2.45, 2.75) is 31.5 Å². The van der Waals surface area contributed by atoms with Crippen LogP contribution >= 0.6 is 0 Å². The summed E-state index contributed by atoms with van der Waals surface area (Å²) in [4.78, 5) is 12.0. The van der Waals surface area contributed by atoms with Crippen LogP contribution in [-0.2, 0) is 12.6 Å². The number of carbonyl (C=O) groups excluding carboxylic acids is 1. The number of benzene rings is 2. The maximum absolute atomic E-state index is 12.5. The molecule has 0 fully saturated rings. The fourth-order valence-electron chi connectivity index (χ4n) is 2.33. The van der Waals surface area contributed by atoms with Crippen molar-refractivity contribution in [2.75, 3.05) is 6.54 Å². The standard InChI is InChI=1S/C19H20F3NO2/c1-18(25,12-11-14-5-3-2-4-6-14)13-23-17(24)15-7-9-16(10-8-15)19(20,21)22/h2-10,25H,11-13H2,1H3,(H,23,24)/t18-/m1/s1. The number of nitrogens with one attached hydrogen (secondary N) is 1. The second-order valence-electron chi connectivity index (χ2n) is 6.24. The number of carbonyl (C=O) groups is 1. The number of aryl methyl sites for hydroxylation is 1. The molecule has 0 aliphatic rings. The zero-order valence-electron chi connectivity index (χ0n) is 13.8. The Morgan fingerprint density at radius 1 is 1.04 bits per heavy atom. The summed E-state index contributed by atoms with van der Waals surface area (Å²) < 4.78 is 37.5. The number of hydrogen-bond donors (Lipinski definition) is 2. The minimum atomic E-state index is -4.43. The van der Waals surface area contributed by atoms with E-state index >= 15 is 0 Å². The largest absolute Gasteiger partial charge is 0.416 e. The molecule has 0 aliphatic heterocycles. The van der Waals surface area contributed by atoms with Gasteiger partial charge in [-0.05, 0) is 49.6 Å². The highest BCUT2D eigenvalue weighted by Gasteiger charge is 2.30. The number of aliphatic hydroxyl groups is 1. The first-order chi connectivity index (χ1) is 11.7. The lowest BCUT2D eigenvalue weighted by molar-refractivity contribution is -0.137. The molecule has 0 unspecified atom stereocenters. The van der Waals surface area contributed by atoms with Crippen LogP contribution in [0.3, 0.4) is 0 Å². The van der Waals surface area contributed by atoms with Gasteiger partial charge in [-0.2, -0.15) is 13.2 Å². The lowest BCUT2D eigenvalue weighted by atomic mass is 9.96. The molecule has 134 valence electrons. The molecule has 0 bridgehead atoms. The molecule has 25 heavy (non-hydrogen) atoms. The first-order valence-corrected chi connectivity index (χ1v) is 7.89. The molecule has 0 saturated heterocycles. The second kappa shape index (κ2) is 7.70. The normalized spacial score (nSPS) is 14.0. The Balaban J connectivity index is 1.87. The molecule has 0 spiro atoms. The van der Waals surface area contributed by atoms with Gasteiger partial charge in [0.2, 0.25) is 0 Å². The van der Waals surface area contributed by atoms with Crippen molar-refractivity contribution in [1.29, 1.82) is 0 Å². The predicted octanol–water partition coefficient (Wildman–Crippen LogP) is 3.82. The molecule has 0 saturated carbocycles. The van der Waals surface area contributed by atoms with Crippen molar-refractivity contribution in [3.05, 3.63) is 71.3 Å². The maximum Gasteiger partial charge on any atom is 0.416 e. The van der Waals surface area contributed by atoms with Gasteiger partial charge >= 0.3 is 6.18 Å². The van der Waals surface area contributed by atoms with Gasteiger partial charge in [-0.3, -0.25) is 4.79 Å². The van der Waals surface area contributed by atoms with Crippen LogP contribution in [0.4, 0.5) is 13.2 Å². The summed E-state index contributed by atoms with van der Waals surface area (Å²) >= 11 is 0. The highest BCUT2D eigenvalue weighted by Crippen LogP contribution is 2.29. The van der Waals surface area contributed by atoms with E-state index in [0.717, 1.165) is 29.8 Å². The summed E-state index contributed by atoms with van der Waals surface area (Å²) in [5.41, 5.74) is -0.722. The van der Waals surface area contributed by atoms with E-state index in [1.165, 1.54) is 0 Å². The van der Waals surface area contributed by atoms with E-state index in [1.54, 1.807) is 6.92 Å². The van der Waals surface area contributed by atoms with Crippen LogP contribution in [-0.4, -0.2) is 23.2 Å². The fraction of sp³-hybridized carbons (Fsp3) is 0.316. The highest BCUT2D eigenvalue weighted by molar-refractivity contribution is 5.94. The Morgan fingerprint density at radius 2 is 1.64 bits per heavy atom. The summed E-state index contributed by atoms with van der Waals surface area (Å²) in [6, 6.07) is 13.6. The Morgan fingerprint density at radius 3 is 2.20 bits per heavy atom. The van der Waals surface area contributed by atoms with Crippen molar-refractivity contribution < 1.29 is 23.1 Å². The summed E-state index contributed by atoms with van der Waals surface area (Å²) in [5, 5.41) is 12.9. The van der Waals surface area contributed by atoms with Gasteiger partial charge in [0.15, 0.2) is 0 Å². The Kier molecular flexibility index (Phi) is 5.85. The SMILES string of the molecule is C[C@@](O)(CCc1ccccc1)CNC(=O)c1ccc(C(F)(F)F)cc1. The van der Waals surface area contributed by atoms with E-state index in [-0.39, 0.29) is 12.1 Å². The van der Waals surface area contributed by atoms with Crippen molar-refractivity contribution in [2.24, 2.45) is 0 Å². The van der Waals surface area contributed by atoms with Gasteiger partial charge in [0.25, 0.3) is 5.91 Å². The third-order valence-electron chi connectivity index (χ3n) is 3.90. The van der Waals surface area contributed by atoms with Crippen LogP contribution in [0.5, 0.6) is 0 Å².